The quantitative estimate of drug-likeness (QED) is 0.909. The number of nitrogens with one attached hydrogen (secondary N) is 1. The van der Waals surface area contributed by atoms with Gasteiger partial charge in [-0.15, -0.1) is 0 Å². The lowest BCUT2D eigenvalue weighted by atomic mass is 9.87. The van der Waals surface area contributed by atoms with E-state index in [-0.39, 0.29) is 5.41 Å². The minimum absolute atomic E-state index is 0.160. The van der Waals surface area contributed by atoms with Crippen LogP contribution < -0.4 is 5.32 Å². The highest BCUT2D eigenvalue weighted by Gasteiger charge is 2.32. The molecule has 0 spiro atoms. The van der Waals surface area contributed by atoms with Crippen LogP contribution >= 0.6 is 0 Å². The van der Waals surface area contributed by atoms with Crippen molar-refractivity contribution in [1.82, 2.24) is 9.62 Å². The van der Waals surface area contributed by atoms with Crippen molar-refractivity contribution in [3.05, 3.63) is 29.8 Å². The van der Waals surface area contributed by atoms with E-state index >= 15 is 0 Å². The predicted molar refractivity (Wildman–Crippen MR) is 75.6 cm³/mol. The van der Waals surface area contributed by atoms with Crippen molar-refractivity contribution >= 4 is 11.0 Å². The van der Waals surface area contributed by atoms with Crippen molar-refractivity contribution < 1.29 is 4.21 Å². The van der Waals surface area contributed by atoms with Crippen LogP contribution in [0.25, 0.3) is 0 Å². The second kappa shape index (κ2) is 5.11. The highest BCUT2D eigenvalue weighted by Crippen LogP contribution is 2.29. The van der Waals surface area contributed by atoms with Gasteiger partial charge in [0.15, 0.2) is 0 Å². The lowest BCUT2D eigenvalue weighted by Gasteiger charge is -2.33. The largest absolute Gasteiger partial charge is 0.315 e. The van der Waals surface area contributed by atoms with Gasteiger partial charge in [0.2, 0.25) is 0 Å². The number of benzene rings is 1. The third-order valence-electron chi connectivity index (χ3n) is 3.52. The van der Waals surface area contributed by atoms with E-state index < -0.39 is 11.0 Å². The Kier molecular flexibility index (Phi) is 3.90. The first kappa shape index (κ1) is 13.7. The van der Waals surface area contributed by atoms with E-state index in [9.17, 15) is 4.21 Å². The molecule has 2 atom stereocenters. The summed E-state index contributed by atoms with van der Waals surface area (Å²) in [7, 11) is 0.975. The zero-order valence-electron chi connectivity index (χ0n) is 11.6. The second-order valence-electron chi connectivity index (χ2n) is 5.89. The van der Waals surface area contributed by atoms with E-state index in [1.807, 2.05) is 25.2 Å². The number of likely N-dealkylation sites (N-methyl/N-ethyl adjacent to an activating group) is 1. The minimum Gasteiger partial charge on any atom is -0.315 e. The molecule has 18 heavy (non-hydrogen) atoms. The second-order valence-corrected chi connectivity index (χ2v) is 7.34. The molecule has 1 aliphatic heterocycles. The number of hydrogen-bond acceptors (Lipinski definition) is 2. The molecule has 2 rings (SSSR count). The summed E-state index contributed by atoms with van der Waals surface area (Å²) in [5.41, 5.74) is 1.35. The van der Waals surface area contributed by atoms with Crippen molar-refractivity contribution in [3.63, 3.8) is 0 Å². The lowest BCUT2D eigenvalue weighted by Crippen LogP contribution is -2.46. The molecule has 1 aromatic carbocycles. The number of hydrogen-bond donors (Lipinski definition) is 1. The van der Waals surface area contributed by atoms with Crippen LogP contribution in [0.2, 0.25) is 0 Å². The highest BCUT2D eigenvalue weighted by molar-refractivity contribution is 7.83. The molecule has 1 aliphatic rings. The van der Waals surface area contributed by atoms with Crippen molar-refractivity contribution in [1.29, 1.82) is 0 Å². The predicted octanol–water partition coefficient (Wildman–Crippen LogP) is 2.16. The molecule has 1 N–H and O–H groups in total. The Morgan fingerprint density at radius 2 is 2.06 bits per heavy atom. The first-order chi connectivity index (χ1) is 8.43. The molecule has 0 saturated carbocycles. The smallest absolute Gasteiger partial charge is 0.128 e. The Morgan fingerprint density at radius 1 is 1.39 bits per heavy atom. The Hall–Kier alpha value is -0.710. The van der Waals surface area contributed by atoms with Crippen LogP contribution in [0.15, 0.2) is 29.2 Å². The van der Waals surface area contributed by atoms with E-state index in [1.54, 1.807) is 0 Å². The highest BCUT2D eigenvalue weighted by atomic mass is 32.2. The van der Waals surface area contributed by atoms with Gasteiger partial charge >= 0.3 is 0 Å². The van der Waals surface area contributed by atoms with Crippen molar-refractivity contribution in [3.8, 4) is 0 Å². The van der Waals surface area contributed by atoms with Crippen LogP contribution in [-0.2, 0) is 17.5 Å². The average molecular weight is 266 g/mol. The maximum atomic E-state index is 12.4. The zero-order valence-corrected chi connectivity index (χ0v) is 12.4. The number of fused-ring (bicyclic) bond motifs is 1. The number of rotatable bonds is 3. The summed E-state index contributed by atoms with van der Waals surface area (Å²) in [4.78, 5) is 0.973. The SMILES string of the molecule is CNC(CN1Cc2ccccc2S1=O)C(C)(C)C. The fraction of sp³-hybridized carbons (Fsp3) is 0.571. The molecule has 100 valence electrons. The van der Waals surface area contributed by atoms with Crippen LogP contribution in [0.1, 0.15) is 26.3 Å². The van der Waals surface area contributed by atoms with Gasteiger partial charge in [0.05, 0.1) is 4.90 Å². The molecular formula is C14H22N2OS. The summed E-state index contributed by atoms with van der Waals surface area (Å²) >= 11 is 0. The van der Waals surface area contributed by atoms with Gasteiger partial charge in [-0.1, -0.05) is 39.0 Å². The van der Waals surface area contributed by atoms with E-state index in [0.717, 1.165) is 18.0 Å². The molecule has 0 bridgehead atoms. The average Bonchev–Trinajstić information content (AvgIpc) is 2.62. The maximum absolute atomic E-state index is 12.4. The fourth-order valence-corrected chi connectivity index (χ4v) is 3.70. The summed E-state index contributed by atoms with van der Waals surface area (Å²) < 4.78 is 14.4. The molecule has 4 heteroatoms. The molecule has 0 aliphatic carbocycles. The summed E-state index contributed by atoms with van der Waals surface area (Å²) in [6.45, 7) is 8.22. The lowest BCUT2D eigenvalue weighted by molar-refractivity contribution is 0.238. The van der Waals surface area contributed by atoms with Gasteiger partial charge in [-0.3, -0.25) is 0 Å². The Balaban J connectivity index is 2.12. The van der Waals surface area contributed by atoms with E-state index in [0.29, 0.717) is 6.04 Å². The minimum atomic E-state index is -0.999. The summed E-state index contributed by atoms with van der Waals surface area (Å²) in [6, 6.07) is 8.34. The van der Waals surface area contributed by atoms with Crippen LogP contribution in [0.5, 0.6) is 0 Å². The first-order valence-electron chi connectivity index (χ1n) is 6.35. The Morgan fingerprint density at radius 3 is 2.61 bits per heavy atom. The van der Waals surface area contributed by atoms with Crippen molar-refractivity contribution in [2.45, 2.75) is 38.3 Å². The number of nitrogens with zero attached hydrogens (tertiary/aromatic N) is 1. The Bertz CT molecular complexity index is 453. The molecule has 0 amide bonds. The van der Waals surface area contributed by atoms with Gasteiger partial charge < -0.3 is 5.32 Å². The molecule has 1 heterocycles. The van der Waals surface area contributed by atoms with Gasteiger partial charge in [-0.2, -0.15) is 0 Å². The van der Waals surface area contributed by atoms with Gasteiger partial charge in [0.1, 0.15) is 11.0 Å². The molecule has 1 aromatic rings. The van der Waals surface area contributed by atoms with Crippen molar-refractivity contribution in [2.24, 2.45) is 5.41 Å². The van der Waals surface area contributed by atoms with Crippen LogP contribution in [0.3, 0.4) is 0 Å². The molecule has 2 unspecified atom stereocenters. The molecular weight excluding hydrogens is 244 g/mol. The molecule has 0 radical (unpaired) electrons. The molecule has 0 aromatic heterocycles. The molecule has 0 saturated heterocycles. The van der Waals surface area contributed by atoms with Crippen LogP contribution in [0, 0.1) is 5.41 Å². The summed E-state index contributed by atoms with van der Waals surface area (Å²) in [5.74, 6) is 0. The summed E-state index contributed by atoms with van der Waals surface area (Å²) in [6.07, 6.45) is 0. The standard InChI is InChI=1S/C14H22N2OS/c1-14(2,3)13(15-4)10-16-9-11-7-5-6-8-12(11)18(16)17/h5-8,13,15H,9-10H2,1-4H3. The monoisotopic (exact) mass is 266 g/mol. The van der Waals surface area contributed by atoms with E-state index in [2.05, 4.69) is 36.5 Å². The zero-order chi connectivity index (χ0) is 13.3. The van der Waals surface area contributed by atoms with E-state index in [1.165, 1.54) is 5.56 Å². The Labute approximate surface area is 112 Å². The van der Waals surface area contributed by atoms with Gasteiger partial charge in [-0.05, 0) is 24.1 Å². The van der Waals surface area contributed by atoms with Crippen LogP contribution in [0.4, 0.5) is 0 Å². The molecule has 0 fully saturated rings. The third kappa shape index (κ3) is 2.66. The third-order valence-corrected chi connectivity index (χ3v) is 5.04. The first-order valence-corrected chi connectivity index (χ1v) is 7.46. The van der Waals surface area contributed by atoms with Gasteiger partial charge in [-0.25, -0.2) is 8.51 Å². The van der Waals surface area contributed by atoms with Crippen molar-refractivity contribution in [2.75, 3.05) is 13.6 Å². The fourth-order valence-electron chi connectivity index (χ4n) is 2.33. The maximum Gasteiger partial charge on any atom is 0.128 e. The van der Waals surface area contributed by atoms with Gasteiger partial charge in [0, 0.05) is 19.1 Å². The summed E-state index contributed by atoms with van der Waals surface area (Å²) in [5, 5.41) is 3.34. The molecule has 3 nitrogen and oxygen atoms in total. The normalized spacial score (nSPS) is 21.9. The topological polar surface area (TPSA) is 32.3 Å². The van der Waals surface area contributed by atoms with Gasteiger partial charge in [0.25, 0.3) is 0 Å². The van der Waals surface area contributed by atoms with Crippen LogP contribution in [-0.4, -0.2) is 28.1 Å². The van der Waals surface area contributed by atoms with E-state index in [4.69, 9.17) is 0 Å².